The summed E-state index contributed by atoms with van der Waals surface area (Å²) in [7, 11) is 0. The fourth-order valence-electron chi connectivity index (χ4n) is 2.78. The summed E-state index contributed by atoms with van der Waals surface area (Å²) in [6, 6.07) is 13.8. The van der Waals surface area contributed by atoms with Gasteiger partial charge in [-0.05, 0) is 48.6 Å². The van der Waals surface area contributed by atoms with Crippen LogP contribution < -0.4 is 5.32 Å². The maximum atomic E-state index is 4.07. The normalized spacial score (nSPS) is 19.5. The lowest BCUT2D eigenvalue weighted by molar-refractivity contribution is 0.465. The molecule has 18 heavy (non-hydrogen) atoms. The molecule has 0 fully saturated rings. The van der Waals surface area contributed by atoms with Crippen LogP contribution in [0, 0.1) is 0 Å². The number of hydrogen-bond acceptors (Lipinski definition) is 2. The minimum absolute atomic E-state index is 0.365. The van der Waals surface area contributed by atoms with Gasteiger partial charge in [0.15, 0.2) is 0 Å². The molecule has 2 heteroatoms. The number of nitrogens with one attached hydrogen (secondary N) is 1. The minimum atomic E-state index is 0.365. The predicted molar refractivity (Wildman–Crippen MR) is 73.3 cm³/mol. The maximum Gasteiger partial charge on any atom is 0.0331 e. The smallest absolute Gasteiger partial charge is 0.0331 e. The van der Waals surface area contributed by atoms with Crippen molar-refractivity contribution in [2.45, 2.75) is 31.8 Å². The lowest BCUT2D eigenvalue weighted by Gasteiger charge is -2.20. The Morgan fingerprint density at radius 3 is 2.78 bits per heavy atom. The van der Waals surface area contributed by atoms with Crippen LogP contribution in [0.1, 0.15) is 42.1 Å². The molecule has 0 aliphatic heterocycles. The van der Waals surface area contributed by atoms with Gasteiger partial charge in [0.1, 0.15) is 0 Å². The molecule has 1 unspecified atom stereocenters. The molecule has 1 aromatic carbocycles. The topological polar surface area (TPSA) is 24.9 Å². The van der Waals surface area contributed by atoms with E-state index in [9.17, 15) is 0 Å². The Hall–Kier alpha value is -1.67. The number of rotatable bonds is 3. The van der Waals surface area contributed by atoms with Gasteiger partial charge in [0.25, 0.3) is 0 Å². The molecular formula is C16H18N2. The first-order chi connectivity index (χ1) is 8.84. The fourth-order valence-corrected chi connectivity index (χ4v) is 2.78. The predicted octanol–water partition coefficient (Wildman–Crippen LogP) is 3.42. The molecular weight excluding hydrogens is 220 g/mol. The summed E-state index contributed by atoms with van der Waals surface area (Å²) in [5, 5.41) is 3.72. The van der Waals surface area contributed by atoms with Gasteiger partial charge >= 0.3 is 0 Å². The van der Waals surface area contributed by atoms with E-state index < -0.39 is 0 Å². The Morgan fingerprint density at radius 2 is 1.94 bits per heavy atom. The summed E-state index contributed by atoms with van der Waals surface area (Å²) in [6.45, 7) is 2.22. The lowest BCUT2D eigenvalue weighted by atomic mass is 10.1. The van der Waals surface area contributed by atoms with Crippen molar-refractivity contribution in [1.29, 1.82) is 0 Å². The molecule has 0 saturated heterocycles. The molecule has 2 aromatic rings. The van der Waals surface area contributed by atoms with Gasteiger partial charge in [-0.25, -0.2) is 0 Å². The molecule has 1 aromatic heterocycles. The van der Waals surface area contributed by atoms with Gasteiger partial charge in [-0.2, -0.15) is 0 Å². The van der Waals surface area contributed by atoms with Crippen LogP contribution in [-0.4, -0.2) is 4.98 Å². The number of hydrogen-bond donors (Lipinski definition) is 1. The molecule has 2 atom stereocenters. The van der Waals surface area contributed by atoms with Crippen molar-refractivity contribution in [3.63, 3.8) is 0 Å². The Labute approximate surface area is 108 Å². The highest BCUT2D eigenvalue weighted by molar-refractivity contribution is 5.34. The number of nitrogens with zero attached hydrogens (tertiary/aromatic N) is 1. The van der Waals surface area contributed by atoms with E-state index in [-0.39, 0.29) is 0 Å². The molecule has 1 aliphatic rings. The molecule has 0 bridgehead atoms. The van der Waals surface area contributed by atoms with Crippen LogP contribution in [0.3, 0.4) is 0 Å². The summed E-state index contributed by atoms with van der Waals surface area (Å²) < 4.78 is 0. The van der Waals surface area contributed by atoms with E-state index in [0.717, 1.165) is 0 Å². The van der Waals surface area contributed by atoms with Crippen molar-refractivity contribution in [2.24, 2.45) is 0 Å². The van der Waals surface area contributed by atoms with Gasteiger partial charge in [-0.15, -0.1) is 0 Å². The van der Waals surface area contributed by atoms with Gasteiger partial charge in [0.2, 0.25) is 0 Å². The van der Waals surface area contributed by atoms with Crippen LogP contribution >= 0.6 is 0 Å². The average Bonchev–Trinajstić information content (AvgIpc) is 2.83. The van der Waals surface area contributed by atoms with Gasteiger partial charge in [-0.1, -0.05) is 24.3 Å². The Balaban J connectivity index is 1.75. The first kappa shape index (κ1) is 11.4. The van der Waals surface area contributed by atoms with Crippen LogP contribution in [0.2, 0.25) is 0 Å². The van der Waals surface area contributed by atoms with E-state index in [1.54, 1.807) is 0 Å². The number of pyridine rings is 1. The van der Waals surface area contributed by atoms with Crippen LogP contribution in [0.4, 0.5) is 0 Å². The zero-order chi connectivity index (χ0) is 12.4. The average molecular weight is 238 g/mol. The van der Waals surface area contributed by atoms with E-state index in [4.69, 9.17) is 0 Å². The number of aryl methyl sites for hydroxylation is 1. The van der Waals surface area contributed by atoms with Crippen LogP contribution in [0.25, 0.3) is 0 Å². The van der Waals surface area contributed by atoms with Crippen LogP contribution in [-0.2, 0) is 6.42 Å². The number of fused-ring (bicyclic) bond motifs is 1. The van der Waals surface area contributed by atoms with Crippen LogP contribution in [0.15, 0.2) is 48.8 Å². The van der Waals surface area contributed by atoms with Gasteiger partial charge in [0, 0.05) is 24.5 Å². The van der Waals surface area contributed by atoms with Crippen molar-refractivity contribution >= 4 is 0 Å². The molecule has 0 spiro atoms. The van der Waals surface area contributed by atoms with E-state index in [0.29, 0.717) is 12.1 Å². The third-order valence-corrected chi connectivity index (χ3v) is 3.79. The summed E-state index contributed by atoms with van der Waals surface area (Å²) in [5.41, 5.74) is 4.27. The molecule has 1 heterocycles. The van der Waals surface area contributed by atoms with Crippen molar-refractivity contribution in [2.75, 3.05) is 0 Å². The molecule has 3 rings (SSSR count). The monoisotopic (exact) mass is 238 g/mol. The Kier molecular flexibility index (Phi) is 3.11. The van der Waals surface area contributed by atoms with E-state index >= 15 is 0 Å². The number of benzene rings is 1. The summed E-state index contributed by atoms with van der Waals surface area (Å²) >= 11 is 0. The molecule has 0 amide bonds. The molecule has 2 nitrogen and oxygen atoms in total. The standard InChI is InChI=1S/C16H18N2/c1-12(13-8-10-17-11-9-13)18-16-7-6-14-4-2-3-5-15(14)16/h2-5,8-12,16,18H,6-7H2,1H3/t12-,16?/m1/s1. The zero-order valence-electron chi connectivity index (χ0n) is 10.6. The minimum Gasteiger partial charge on any atom is -0.303 e. The summed E-state index contributed by atoms with van der Waals surface area (Å²) in [5.74, 6) is 0. The summed E-state index contributed by atoms with van der Waals surface area (Å²) in [6.07, 6.45) is 6.11. The second-order valence-electron chi connectivity index (χ2n) is 4.96. The zero-order valence-corrected chi connectivity index (χ0v) is 10.6. The molecule has 1 N–H and O–H groups in total. The number of aromatic nitrogens is 1. The molecule has 0 saturated carbocycles. The van der Waals surface area contributed by atoms with E-state index in [2.05, 4.69) is 53.6 Å². The Bertz CT molecular complexity index is 522. The van der Waals surface area contributed by atoms with Crippen molar-refractivity contribution in [1.82, 2.24) is 10.3 Å². The fraction of sp³-hybridized carbons (Fsp3) is 0.312. The molecule has 0 radical (unpaired) electrons. The first-order valence-electron chi connectivity index (χ1n) is 6.58. The molecule has 1 aliphatic carbocycles. The lowest BCUT2D eigenvalue weighted by Crippen LogP contribution is -2.22. The first-order valence-corrected chi connectivity index (χ1v) is 6.58. The quantitative estimate of drug-likeness (QED) is 0.886. The molecule has 92 valence electrons. The van der Waals surface area contributed by atoms with Gasteiger partial charge in [-0.3, -0.25) is 4.98 Å². The largest absolute Gasteiger partial charge is 0.303 e. The van der Waals surface area contributed by atoms with Crippen molar-refractivity contribution in [3.05, 3.63) is 65.5 Å². The van der Waals surface area contributed by atoms with E-state index in [1.165, 1.54) is 29.5 Å². The maximum absolute atomic E-state index is 4.07. The SMILES string of the molecule is C[C@@H](NC1CCc2ccccc21)c1ccncc1. The van der Waals surface area contributed by atoms with Crippen molar-refractivity contribution < 1.29 is 0 Å². The van der Waals surface area contributed by atoms with Gasteiger partial charge in [0.05, 0.1) is 0 Å². The highest BCUT2D eigenvalue weighted by atomic mass is 15.0. The van der Waals surface area contributed by atoms with Crippen molar-refractivity contribution in [3.8, 4) is 0 Å². The van der Waals surface area contributed by atoms with Crippen LogP contribution in [0.5, 0.6) is 0 Å². The second-order valence-corrected chi connectivity index (χ2v) is 4.96. The Morgan fingerprint density at radius 1 is 1.17 bits per heavy atom. The highest BCUT2D eigenvalue weighted by Crippen LogP contribution is 2.32. The second kappa shape index (κ2) is 4.91. The third-order valence-electron chi connectivity index (χ3n) is 3.79. The third kappa shape index (κ3) is 2.16. The van der Waals surface area contributed by atoms with E-state index in [1.807, 2.05) is 12.4 Å². The summed E-state index contributed by atoms with van der Waals surface area (Å²) in [4.78, 5) is 4.07. The highest BCUT2D eigenvalue weighted by Gasteiger charge is 2.23. The van der Waals surface area contributed by atoms with Gasteiger partial charge < -0.3 is 5.32 Å².